The average Bonchev–Trinajstić information content (AvgIpc) is 2.42. The lowest BCUT2D eigenvalue weighted by atomic mass is 10.2. The number of nitrogens with one attached hydrogen (secondary N) is 1. The van der Waals surface area contributed by atoms with Gasteiger partial charge in [0.15, 0.2) is 0 Å². The zero-order valence-electron chi connectivity index (χ0n) is 11.6. The first-order valence-electron chi connectivity index (χ1n) is 6.93. The van der Waals surface area contributed by atoms with Crippen LogP contribution in [0.25, 0.3) is 0 Å². The Morgan fingerprint density at radius 1 is 1.39 bits per heavy atom. The van der Waals surface area contributed by atoms with Gasteiger partial charge in [-0.2, -0.15) is 0 Å². The Balaban J connectivity index is 2.07. The first kappa shape index (κ1) is 15.4. The highest BCUT2D eigenvalue weighted by Gasteiger charge is 2.21. The maximum absolute atomic E-state index is 12.0. The summed E-state index contributed by atoms with van der Waals surface area (Å²) in [5.74, 6) is 0.174. The first-order valence-corrected chi connectivity index (χ1v) is 6.93. The summed E-state index contributed by atoms with van der Waals surface area (Å²) in [5, 5.41) is 3.24. The molecule has 1 amide bonds. The lowest BCUT2D eigenvalue weighted by molar-refractivity contribution is -0.137. The van der Waals surface area contributed by atoms with Crippen LogP contribution < -0.4 is 5.32 Å². The Hall–Kier alpha value is -0.650. The first-order chi connectivity index (χ1) is 8.75. The molecular weight excluding hydrogens is 232 g/mol. The van der Waals surface area contributed by atoms with Crippen molar-refractivity contribution in [1.29, 1.82) is 0 Å². The molecule has 0 saturated carbocycles. The summed E-state index contributed by atoms with van der Waals surface area (Å²) < 4.78 is 10.6. The van der Waals surface area contributed by atoms with Gasteiger partial charge in [-0.3, -0.25) is 4.79 Å². The SMILES string of the molecule is CCCOCCCNC(C)C(=O)N1CCOCC1. The van der Waals surface area contributed by atoms with E-state index in [4.69, 9.17) is 9.47 Å². The highest BCUT2D eigenvalue weighted by atomic mass is 16.5. The summed E-state index contributed by atoms with van der Waals surface area (Å²) in [5.41, 5.74) is 0. The van der Waals surface area contributed by atoms with Crippen molar-refractivity contribution in [2.24, 2.45) is 0 Å². The smallest absolute Gasteiger partial charge is 0.239 e. The minimum absolute atomic E-state index is 0.116. The van der Waals surface area contributed by atoms with Crippen molar-refractivity contribution in [1.82, 2.24) is 10.2 Å². The number of rotatable bonds is 8. The summed E-state index contributed by atoms with van der Waals surface area (Å²) in [6, 6.07) is -0.116. The van der Waals surface area contributed by atoms with Gasteiger partial charge in [0.25, 0.3) is 0 Å². The highest BCUT2D eigenvalue weighted by Crippen LogP contribution is 2.00. The van der Waals surface area contributed by atoms with Crippen molar-refractivity contribution >= 4 is 5.91 Å². The molecule has 106 valence electrons. The molecular formula is C13H26N2O3. The molecule has 0 spiro atoms. The molecule has 1 unspecified atom stereocenters. The molecule has 0 aliphatic carbocycles. The van der Waals surface area contributed by atoms with E-state index in [-0.39, 0.29) is 11.9 Å². The third-order valence-corrected chi connectivity index (χ3v) is 2.96. The monoisotopic (exact) mass is 258 g/mol. The van der Waals surface area contributed by atoms with Gasteiger partial charge in [0.05, 0.1) is 19.3 Å². The molecule has 5 heteroatoms. The number of nitrogens with zero attached hydrogens (tertiary/aromatic N) is 1. The van der Waals surface area contributed by atoms with Crippen LogP contribution in [0, 0.1) is 0 Å². The maximum Gasteiger partial charge on any atom is 0.239 e. The van der Waals surface area contributed by atoms with Gasteiger partial charge in [-0.1, -0.05) is 6.92 Å². The van der Waals surface area contributed by atoms with E-state index in [2.05, 4.69) is 12.2 Å². The highest BCUT2D eigenvalue weighted by molar-refractivity contribution is 5.81. The Labute approximate surface area is 110 Å². The normalized spacial score (nSPS) is 17.8. The Morgan fingerprint density at radius 3 is 2.78 bits per heavy atom. The van der Waals surface area contributed by atoms with Crippen molar-refractivity contribution in [2.45, 2.75) is 32.7 Å². The van der Waals surface area contributed by atoms with Crippen LogP contribution in [0.4, 0.5) is 0 Å². The zero-order valence-corrected chi connectivity index (χ0v) is 11.6. The van der Waals surface area contributed by atoms with Gasteiger partial charge in [0.1, 0.15) is 0 Å². The van der Waals surface area contributed by atoms with E-state index in [9.17, 15) is 4.79 Å². The van der Waals surface area contributed by atoms with Crippen LogP contribution in [-0.2, 0) is 14.3 Å². The van der Waals surface area contributed by atoms with Gasteiger partial charge >= 0.3 is 0 Å². The molecule has 1 aliphatic rings. The fourth-order valence-electron chi connectivity index (χ4n) is 1.88. The van der Waals surface area contributed by atoms with Gasteiger partial charge < -0.3 is 19.7 Å². The van der Waals surface area contributed by atoms with E-state index < -0.39 is 0 Å². The van der Waals surface area contributed by atoms with Crippen LogP contribution >= 0.6 is 0 Å². The number of morpholine rings is 1. The summed E-state index contributed by atoms with van der Waals surface area (Å²) in [6.07, 6.45) is 2.00. The minimum Gasteiger partial charge on any atom is -0.381 e. The second-order valence-electron chi connectivity index (χ2n) is 4.58. The summed E-state index contributed by atoms with van der Waals surface area (Å²) >= 11 is 0. The fourth-order valence-corrected chi connectivity index (χ4v) is 1.88. The number of amides is 1. The van der Waals surface area contributed by atoms with Crippen molar-refractivity contribution in [2.75, 3.05) is 46.1 Å². The molecule has 0 aromatic rings. The molecule has 5 nitrogen and oxygen atoms in total. The van der Waals surface area contributed by atoms with Crippen LogP contribution in [0.5, 0.6) is 0 Å². The minimum atomic E-state index is -0.116. The standard InChI is InChI=1S/C13H26N2O3/c1-3-8-17-9-4-5-14-12(2)13(16)15-6-10-18-11-7-15/h12,14H,3-11H2,1-2H3. The molecule has 18 heavy (non-hydrogen) atoms. The molecule has 1 saturated heterocycles. The van der Waals surface area contributed by atoms with Crippen LogP contribution in [0.1, 0.15) is 26.7 Å². The van der Waals surface area contributed by atoms with E-state index in [0.717, 1.165) is 32.6 Å². The van der Waals surface area contributed by atoms with Crippen LogP contribution in [0.3, 0.4) is 0 Å². The summed E-state index contributed by atoms with van der Waals surface area (Å²) in [6.45, 7) is 9.16. The second kappa shape index (κ2) is 9.30. The zero-order chi connectivity index (χ0) is 13.2. The molecule has 1 heterocycles. The number of carbonyl (C=O) groups is 1. The van der Waals surface area contributed by atoms with Crippen molar-refractivity contribution in [3.05, 3.63) is 0 Å². The Morgan fingerprint density at radius 2 is 2.11 bits per heavy atom. The van der Waals surface area contributed by atoms with Crippen molar-refractivity contribution in [3.63, 3.8) is 0 Å². The topological polar surface area (TPSA) is 50.8 Å². The van der Waals surface area contributed by atoms with Gasteiger partial charge in [-0.05, 0) is 26.3 Å². The molecule has 1 N–H and O–H groups in total. The largest absolute Gasteiger partial charge is 0.381 e. The van der Waals surface area contributed by atoms with Crippen molar-refractivity contribution < 1.29 is 14.3 Å². The predicted octanol–water partition coefficient (Wildman–Crippen LogP) is 0.640. The van der Waals surface area contributed by atoms with Gasteiger partial charge in [-0.15, -0.1) is 0 Å². The Bertz CT molecular complexity index is 230. The van der Waals surface area contributed by atoms with E-state index in [1.807, 2.05) is 11.8 Å². The molecule has 0 aromatic heterocycles. The molecule has 0 aromatic carbocycles. The maximum atomic E-state index is 12.0. The molecule has 0 radical (unpaired) electrons. The molecule has 1 fully saturated rings. The average molecular weight is 258 g/mol. The van der Waals surface area contributed by atoms with E-state index >= 15 is 0 Å². The third kappa shape index (κ3) is 5.80. The number of hydrogen-bond donors (Lipinski definition) is 1. The number of carbonyl (C=O) groups excluding carboxylic acids is 1. The van der Waals surface area contributed by atoms with E-state index in [1.54, 1.807) is 0 Å². The Kier molecular flexibility index (Phi) is 7.96. The molecule has 0 bridgehead atoms. The number of ether oxygens (including phenoxy) is 2. The fraction of sp³-hybridized carbons (Fsp3) is 0.923. The van der Waals surface area contributed by atoms with Crippen LogP contribution in [0.15, 0.2) is 0 Å². The number of hydrogen-bond acceptors (Lipinski definition) is 4. The van der Waals surface area contributed by atoms with Crippen molar-refractivity contribution in [3.8, 4) is 0 Å². The van der Waals surface area contributed by atoms with Gasteiger partial charge in [0, 0.05) is 26.3 Å². The third-order valence-electron chi connectivity index (χ3n) is 2.96. The van der Waals surface area contributed by atoms with Crippen LogP contribution in [0.2, 0.25) is 0 Å². The van der Waals surface area contributed by atoms with Gasteiger partial charge in [-0.25, -0.2) is 0 Å². The van der Waals surface area contributed by atoms with Gasteiger partial charge in [0.2, 0.25) is 5.91 Å². The molecule has 1 rings (SSSR count). The summed E-state index contributed by atoms with van der Waals surface area (Å²) in [4.78, 5) is 13.9. The van der Waals surface area contributed by atoms with E-state index in [1.165, 1.54) is 0 Å². The molecule has 1 atom stereocenters. The lowest BCUT2D eigenvalue weighted by Crippen LogP contribution is -2.49. The summed E-state index contributed by atoms with van der Waals surface area (Å²) in [7, 11) is 0. The van der Waals surface area contributed by atoms with Crippen LogP contribution in [-0.4, -0.2) is 62.9 Å². The van der Waals surface area contributed by atoms with E-state index in [0.29, 0.717) is 26.3 Å². The second-order valence-corrected chi connectivity index (χ2v) is 4.58. The molecule has 1 aliphatic heterocycles. The predicted molar refractivity (Wildman–Crippen MR) is 70.6 cm³/mol. The lowest BCUT2D eigenvalue weighted by Gasteiger charge is -2.29. The quantitative estimate of drug-likeness (QED) is 0.649.